The Morgan fingerprint density at radius 3 is 3.05 bits per heavy atom. The molecule has 1 aliphatic rings. The lowest BCUT2D eigenvalue weighted by atomic mass is 10.0. The van der Waals surface area contributed by atoms with E-state index in [4.69, 9.17) is 11.6 Å². The van der Waals surface area contributed by atoms with Gasteiger partial charge in [-0.2, -0.15) is 11.8 Å². The normalized spacial score (nSPS) is 19.1. The fourth-order valence-electron chi connectivity index (χ4n) is 2.41. The summed E-state index contributed by atoms with van der Waals surface area (Å²) in [4.78, 5) is 14.4. The van der Waals surface area contributed by atoms with Gasteiger partial charge in [-0.15, -0.1) is 0 Å². The van der Waals surface area contributed by atoms with E-state index < -0.39 is 0 Å². The van der Waals surface area contributed by atoms with E-state index in [1.165, 1.54) is 0 Å². The van der Waals surface area contributed by atoms with E-state index in [2.05, 4.69) is 12.2 Å². The number of rotatable bonds is 5. The number of amides is 1. The molecule has 1 heterocycles. The third-order valence-electron chi connectivity index (χ3n) is 3.40. The highest BCUT2D eigenvalue weighted by atomic mass is 35.5. The van der Waals surface area contributed by atoms with Crippen LogP contribution in [0.2, 0.25) is 5.02 Å². The highest BCUT2D eigenvalue weighted by Crippen LogP contribution is 2.28. The van der Waals surface area contributed by atoms with E-state index in [1.807, 2.05) is 29.2 Å². The first-order valence-electron chi connectivity index (χ1n) is 7.06. The molecule has 0 bridgehead atoms. The standard InChI is InChI=1S/C15H21ClN2OS/c1-2-9-20-11-15(19)18-8-7-17-10-14(18)12-5-3-4-6-13(12)16/h3-6,14,17H,2,7-11H2,1H3. The first-order valence-corrected chi connectivity index (χ1v) is 8.59. The Bertz CT molecular complexity index is 455. The van der Waals surface area contributed by atoms with Gasteiger partial charge in [-0.05, 0) is 23.8 Å². The average molecular weight is 313 g/mol. The average Bonchev–Trinajstić information content (AvgIpc) is 2.48. The van der Waals surface area contributed by atoms with Crippen LogP contribution in [0.3, 0.4) is 0 Å². The van der Waals surface area contributed by atoms with Crippen molar-refractivity contribution < 1.29 is 4.79 Å². The molecule has 5 heteroatoms. The molecule has 2 rings (SSSR count). The quantitative estimate of drug-likeness (QED) is 0.848. The minimum Gasteiger partial charge on any atom is -0.332 e. The Morgan fingerprint density at radius 1 is 1.50 bits per heavy atom. The van der Waals surface area contributed by atoms with Crippen molar-refractivity contribution in [3.63, 3.8) is 0 Å². The summed E-state index contributed by atoms with van der Waals surface area (Å²) in [5, 5.41) is 4.09. The van der Waals surface area contributed by atoms with Gasteiger partial charge in [0.05, 0.1) is 11.8 Å². The zero-order chi connectivity index (χ0) is 14.4. The maximum Gasteiger partial charge on any atom is 0.233 e. The summed E-state index contributed by atoms with van der Waals surface area (Å²) in [6.45, 7) is 4.51. The predicted octanol–water partition coefficient (Wildman–Crippen LogP) is 2.96. The fraction of sp³-hybridized carbons (Fsp3) is 0.533. The summed E-state index contributed by atoms with van der Waals surface area (Å²) in [5.74, 6) is 1.82. The fourth-order valence-corrected chi connectivity index (χ4v) is 3.45. The number of nitrogens with one attached hydrogen (secondary N) is 1. The highest BCUT2D eigenvalue weighted by Gasteiger charge is 2.28. The molecule has 0 radical (unpaired) electrons. The van der Waals surface area contributed by atoms with Gasteiger partial charge in [-0.1, -0.05) is 36.7 Å². The maximum absolute atomic E-state index is 12.4. The molecule has 0 aliphatic carbocycles. The molecule has 1 aliphatic heterocycles. The van der Waals surface area contributed by atoms with Crippen LogP contribution in [-0.2, 0) is 4.79 Å². The largest absolute Gasteiger partial charge is 0.332 e. The minimum atomic E-state index is 0.0483. The molecule has 1 aromatic carbocycles. The van der Waals surface area contributed by atoms with E-state index in [-0.39, 0.29) is 11.9 Å². The molecule has 1 fully saturated rings. The number of halogens is 1. The number of thioether (sulfide) groups is 1. The first-order chi connectivity index (χ1) is 9.74. The van der Waals surface area contributed by atoms with E-state index in [9.17, 15) is 4.79 Å². The number of carbonyl (C=O) groups excluding carboxylic acids is 1. The summed E-state index contributed by atoms with van der Waals surface area (Å²) in [6, 6.07) is 7.85. The predicted molar refractivity (Wildman–Crippen MR) is 86.4 cm³/mol. The van der Waals surface area contributed by atoms with E-state index in [1.54, 1.807) is 11.8 Å². The Hall–Kier alpha value is -0.710. The molecule has 1 amide bonds. The summed E-state index contributed by atoms with van der Waals surface area (Å²) in [5.41, 5.74) is 1.04. The maximum atomic E-state index is 12.4. The molecular formula is C15H21ClN2OS. The van der Waals surface area contributed by atoms with Crippen molar-refractivity contribution in [2.75, 3.05) is 31.1 Å². The van der Waals surface area contributed by atoms with E-state index in [0.29, 0.717) is 5.75 Å². The third-order valence-corrected chi connectivity index (χ3v) is 4.89. The molecule has 110 valence electrons. The third kappa shape index (κ3) is 3.90. The molecule has 1 aromatic rings. The zero-order valence-corrected chi connectivity index (χ0v) is 13.3. The van der Waals surface area contributed by atoms with Crippen LogP contribution in [-0.4, -0.2) is 41.9 Å². The molecule has 3 nitrogen and oxygen atoms in total. The molecule has 20 heavy (non-hydrogen) atoms. The summed E-state index contributed by atoms with van der Waals surface area (Å²) in [6.07, 6.45) is 1.10. The molecule has 0 spiro atoms. The topological polar surface area (TPSA) is 32.3 Å². The Labute approximate surface area is 130 Å². The zero-order valence-electron chi connectivity index (χ0n) is 11.8. The molecule has 1 unspecified atom stereocenters. The Balaban J connectivity index is 2.09. The molecule has 1 N–H and O–H groups in total. The van der Waals surface area contributed by atoms with Gasteiger partial charge in [-0.3, -0.25) is 4.79 Å². The van der Waals surface area contributed by atoms with Crippen molar-refractivity contribution in [3.05, 3.63) is 34.9 Å². The van der Waals surface area contributed by atoms with Crippen LogP contribution in [0.5, 0.6) is 0 Å². The van der Waals surface area contributed by atoms with Crippen LogP contribution in [0.1, 0.15) is 24.9 Å². The summed E-state index contributed by atoms with van der Waals surface area (Å²) >= 11 is 8.00. The number of benzene rings is 1. The number of hydrogen-bond acceptors (Lipinski definition) is 3. The first kappa shape index (κ1) is 15.7. The second kappa shape index (κ2) is 7.91. The van der Waals surface area contributed by atoms with Gasteiger partial charge in [0.1, 0.15) is 0 Å². The lowest BCUT2D eigenvalue weighted by molar-refractivity contribution is -0.131. The number of carbonyl (C=O) groups is 1. The van der Waals surface area contributed by atoms with Crippen LogP contribution < -0.4 is 5.32 Å². The summed E-state index contributed by atoms with van der Waals surface area (Å²) < 4.78 is 0. The molecular weight excluding hydrogens is 292 g/mol. The second-order valence-electron chi connectivity index (χ2n) is 4.88. The van der Waals surface area contributed by atoms with Crippen molar-refractivity contribution in [2.24, 2.45) is 0 Å². The van der Waals surface area contributed by atoms with Crippen molar-refractivity contribution >= 4 is 29.3 Å². The molecule has 1 atom stereocenters. The lowest BCUT2D eigenvalue weighted by Crippen LogP contribution is -2.49. The van der Waals surface area contributed by atoms with Crippen molar-refractivity contribution in [1.29, 1.82) is 0 Å². The van der Waals surface area contributed by atoms with Gasteiger partial charge in [0, 0.05) is 24.7 Å². The van der Waals surface area contributed by atoms with Gasteiger partial charge in [-0.25, -0.2) is 0 Å². The van der Waals surface area contributed by atoms with E-state index >= 15 is 0 Å². The van der Waals surface area contributed by atoms with E-state index in [0.717, 1.165) is 42.4 Å². The Kier molecular flexibility index (Phi) is 6.20. The van der Waals surface area contributed by atoms with Crippen LogP contribution in [0, 0.1) is 0 Å². The number of nitrogens with zero attached hydrogens (tertiary/aromatic N) is 1. The van der Waals surface area contributed by atoms with Crippen LogP contribution in [0.25, 0.3) is 0 Å². The van der Waals surface area contributed by atoms with Crippen LogP contribution >= 0.6 is 23.4 Å². The van der Waals surface area contributed by atoms with Crippen molar-refractivity contribution in [1.82, 2.24) is 10.2 Å². The minimum absolute atomic E-state index is 0.0483. The van der Waals surface area contributed by atoms with Gasteiger partial charge in [0.2, 0.25) is 5.91 Å². The molecule has 0 saturated carbocycles. The van der Waals surface area contributed by atoms with Gasteiger partial charge in [0.25, 0.3) is 0 Å². The monoisotopic (exact) mass is 312 g/mol. The molecule has 0 aromatic heterocycles. The molecule has 1 saturated heterocycles. The van der Waals surface area contributed by atoms with Gasteiger partial charge >= 0.3 is 0 Å². The lowest BCUT2D eigenvalue weighted by Gasteiger charge is -2.37. The Morgan fingerprint density at radius 2 is 2.30 bits per heavy atom. The number of piperazine rings is 1. The van der Waals surface area contributed by atoms with Gasteiger partial charge in [0.15, 0.2) is 0 Å². The van der Waals surface area contributed by atoms with Crippen molar-refractivity contribution in [2.45, 2.75) is 19.4 Å². The van der Waals surface area contributed by atoms with Gasteiger partial charge < -0.3 is 10.2 Å². The second-order valence-corrected chi connectivity index (χ2v) is 6.39. The van der Waals surface area contributed by atoms with Crippen molar-refractivity contribution in [3.8, 4) is 0 Å². The highest BCUT2D eigenvalue weighted by molar-refractivity contribution is 7.99. The SMILES string of the molecule is CCCSCC(=O)N1CCNCC1c1ccccc1Cl. The van der Waals surface area contributed by atoms with Crippen LogP contribution in [0.15, 0.2) is 24.3 Å². The van der Waals surface area contributed by atoms with Crippen LogP contribution in [0.4, 0.5) is 0 Å². The smallest absolute Gasteiger partial charge is 0.233 e. The number of hydrogen-bond donors (Lipinski definition) is 1. The summed E-state index contributed by atoms with van der Waals surface area (Å²) in [7, 11) is 0.